The molecular weight excluding hydrogens is 234 g/mol. The number of carbonyl (C=O) groups excluding carboxylic acids is 1. The zero-order chi connectivity index (χ0) is 13.2. The molecule has 0 aromatic heterocycles. The Kier molecular flexibility index (Phi) is 3.90. The van der Waals surface area contributed by atoms with E-state index in [1.54, 1.807) is 0 Å². The maximum absolute atomic E-state index is 12.2. The van der Waals surface area contributed by atoms with Crippen LogP contribution in [0.1, 0.15) is 45.4 Å². The summed E-state index contributed by atoms with van der Waals surface area (Å²) in [5, 5.41) is 12.0. The molecule has 0 aromatic carbocycles. The highest BCUT2D eigenvalue weighted by Crippen LogP contribution is 2.33. The van der Waals surface area contributed by atoms with E-state index in [0.29, 0.717) is 6.61 Å². The lowest BCUT2D eigenvalue weighted by Crippen LogP contribution is -2.50. The molecule has 1 aliphatic heterocycles. The molecule has 0 bridgehead atoms. The van der Waals surface area contributed by atoms with Crippen LogP contribution in [0.15, 0.2) is 0 Å². The van der Waals surface area contributed by atoms with Crippen molar-refractivity contribution in [1.29, 1.82) is 0 Å². The van der Waals surface area contributed by atoms with Crippen LogP contribution in [0.25, 0.3) is 0 Å². The molecule has 102 valence electrons. The number of rotatable bonds is 4. The van der Waals surface area contributed by atoms with E-state index in [4.69, 9.17) is 9.84 Å². The Bertz CT molecular complexity index is 336. The fraction of sp³-hybridized carbons (Fsp3) is 0.846. The van der Waals surface area contributed by atoms with E-state index < -0.39 is 11.5 Å². The van der Waals surface area contributed by atoms with Gasteiger partial charge < -0.3 is 15.2 Å². The number of aliphatic carboxylic acids is 1. The normalized spacial score (nSPS) is 30.3. The maximum atomic E-state index is 12.2. The third-order valence-electron chi connectivity index (χ3n) is 4.15. The maximum Gasteiger partial charge on any atom is 0.305 e. The molecule has 1 saturated heterocycles. The quantitative estimate of drug-likeness (QED) is 0.794. The van der Waals surface area contributed by atoms with E-state index in [1.165, 1.54) is 0 Å². The predicted molar refractivity (Wildman–Crippen MR) is 65.1 cm³/mol. The highest BCUT2D eigenvalue weighted by atomic mass is 16.5. The first-order chi connectivity index (χ1) is 8.52. The molecule has 2 aliphatic rings. The van der Waals surface area contributed by atoms with Gasteiger partial charge in [-0.05, 0) is 26.2 Å². The van der Waals surface area contributed by atoms with Crippen LogP contribution in [0.5, 0.6) is 0 Å². The van der Waals surface area contributed by atoms with E-state index in [0.717, 1.165) is 32.1 Å². The van der Waals surface area contributed by atoms with Crippen molar-refractivity contribution >= 4 is 11.9 Å². The summed E-state index contributed by atoms with van der Waals surface area (Å²) in [5.74, 6) is -1.01. The molecule has 0 aromatic rings. The Morgan fingerprint density at radius 2 is 2.06 bits per heavy atom. The van der Waals surface area contributed by atoms with Gasteiger partial charge in [0.25, 0.3) is 0 Å². The van der Waals surface area contributed by atoms with E-state index in [1.807, 2.05) is 6.92 Å². The Morgan fingerprint density at radius 3 is 2.56 bits per heavy atom. The minimum Gasteiger partial charge on any atom is -0.481 e. The monoisotopic (exact) mass is 255 g/mol. The van der Waals surface area contributed by atoms with Crippen molar-refractivity contribution < 1.29 is 19.4 Å². The fourth-order valence-corrected chi connectivity index (χ4v) is 3.12. The summed E-state index contributed by atoms with van der Waals surface area (Å²) in [5.41, 5.74) is -0.523. The van der Waals surface area contributed by atoms with Crippen molar-refractivity contribution in [1.82, 2.24) is 5.32 Å². The van der Waals surface area contributed by atoms with Crippen LogP contribution in [-0.2, 0) is 14.3 Å². The van der Waals surface area contributed by atoms with Gasteiger partial charge in [0.05, 0.1) is 24.0 Å². The summed E-state index contributed by atoms with van der Waals surface area (Å²) in [6, 6.07) is 0. The molecule has 1 amide bonds. The van der Waals surface area contributed by atoms with Gasteiger partial charge in [0, 0.05) is 6.61 Å². The summed E-state index contributed by atoms with van der Waals surface area (Å²) in [7, 11) is 0. The highest BCUT2D eigenvalue weighted by molar-refractivity contribution is 5.81. The summed E-state index contributed by atoms with van der Waals surface area (Å²) >= 11 is 0. The molecule has 0 spiro atoms. The van der Waals surface area contributed by atoms with Crippen LogP contribution in [0.3, 0.4) is 0 Å². The second-order valence-electron chi connectivity index (χ2n) is 5.52. The SMILES string of the molecule is CC1OCCC1C(=O)NC1(CC(=O)O)CCCC1. The molecular formula is C13H21NO4. The van der Waals surface area contributed by atoms with Crippen molar-refractivity contribution in [3.8, 4) is 0 Å². The predicted octanol–water partition coefficient (Wildman–Crippen LogP) is 1.32. The highest BCUT2D eigenvalue weighted by Gasteiger charge is 2.40. The summed E-state index contributed by atoms with van der Waals surface area (Å²) in [4.78, 5) is 23.2. The van der Waals surface area contributed by atoms with Gasteiger partial charge in [0.15, 0.2) is 0 Å². The summed E-state index contributed by atoms with van der Waals surface area (Å²) in [6.45, 7) is 2.51. The Labute approximate surface area is 107 Å². The van der Waals surface area contributed by atoms with Gasteiger partial charge in [0.2, 0.25) is 5.91 Å². The molecule has 1 saturated carbocycles. The average Bonchev–Trinajstić information content (AvgIpc) is 2.86. The molecule has 0 radical (unpaired) electrons. The number of nitrogens with one attached hydrogen (secondary N) is 1. The van der Waals surface area contributed by atoms with E-state index in [2.05, 4.69) is 5.32 Å². The van der Waals surface area contributed by atoms with Crippen LogP contribution in [0, 0.1) is 5.92 Å². The van der Waals surface area contributed by atoms with Crippen LogP contribution < -0.4 is 5.32 Å². The third kappa shape index (κ3) is 2.83. The van der Waals surface area contributed by atoms with Gasteiger partial charge in [-0.1, -0.05) is 12.8 Å². The smallest absolute Gasteiger partial charge is 0.305 e. The number of amides is 1. The number of carboxylic acids is 1. The lowest BCUT2D eigenvalue weighted by atomic mass is 9.91. The molecule has 5 heteroatoms. The van der Waals surface area contributed by atoms with Crippen LogP contribution in [-0.4, -0.2) is 35.2 Å². The lowest BCUT2D eigenvalue weighted by Gasteiger charge is -2.30. The molecule has 1 heterocycles. The Balaban J connectivity index is 2.00. The van der Waals surface area contributed by atoms with E-state index in [9.17, 15) is 9.59 Å². The minimum atomic E-state index is -0.840. The average molecular weight is 255 g/mol. The van der Waals surface area contributed by atoms with Crippen molar-refractivity contribution in [2.24, 2.45) is 5.92 Å². The number of ether oxygens (including phenoxy) is 1. The molecule has 2 unspecified atom stereocenters. The molecule has 2 N–H and O–H groups in total. The second-order valence-corrected chi connectivity index (χ2v) is 5.52. The first-order valence-electron chi connectivity index (χ1n) is 6.68. The second kappa shape index (κ2) is 5.26. The zero-order valence-corrected chi connectivity index (χ0v) is 10.8. The largest absolute Gasteiger partial charge is 0.481 e. The molecule has 1 aliphatic carbocycles. The molecule has 5 nitrogen and oxygen atoms in total. The number of carbonyl (C=O) groups is 2. The zero-order valence-electron chi connectivity index (χ0n) is 10.8. The minimum absolute atomic E-state index is 0.0285. The summed E-state index contributed by atoms with van der Waals surface area (Å²) in [6.07, 6.45) is 4.22. The van der Waals surface area contributed by atoms with E-state index >= 15 is 0 Å². The van der Waals surface area contributed by atoms with Crippen molar-refractivity contribution in [3.05, 3.63) is 0 Å². The van der Waals surface area contributed by atoms with Gasteiger partial charge in [-0.3, -0.25) is 9.59 Å². The first kappa shape index (κ1) is 13.3. The van der Waals surface area contributed by atoms with Crippen molar-refractivity contribution in [2.75, 3.05) is 6.61 Å². The molecule has 2 rings (SSSR count). The van der Waals surface area contributed by atoms with E-state index in [-0.39, 0.29) is 24.3 Å². The summed E-state index contributed by atoms with van der Waals surface area (Å²) < 4.78 is 5.39. The lowest BCUT2D eigenvalue weighted by molar-refractivity contribution is -0.139. The number of hydrogen-bond acceptors (Lipinski definition) is 3. The molecule has 2 atom stereocenters. The van der Waals surface area contributed by atoms with Crippen molar-refractivity contribution in [2.45, 2.75) is 57.1 Å². The first-order valence-corrected chi connectivity index (χ1v) is 6.68. The topological polar surface area (TPSA) is 75.6 Å². The van der Waals surface area contributed by atoms with Crippen LogP contribution >= 0.6 is 0 Å². The van der Waals surface area contributed by atoms with Gasteiger partial charge >= 0.3 is 5.97 Å². The molecule has 2 fully saturated rings. The third-order valence-corrected chi connectivity index (χ3v) is 4.15. The fourth-order valence-electron chi connectivity index (χ4n) is 3.12. The van der Waals surface area contributed by atoms with Gasteiger partial charge in [0.1, 0.15) is 0 Å². The Morgan fingerprint density at radius 1 is 1.39 bits per heavy atom. The standard InChI is InChI=1S/C13H21NO4/c1-9-10(4-7-18-9)12(17)14-13(8-11(15)16)5-2-3-6-13/h9-10H,2-8H2,1H3,(H,14,17)(H,15,16). The van der Waals surface area contributed by atoms with Crippen LogP contribution in [0.2, 0.25) is 0 Å². The number of carboxylic acid groups (broad SMARTS) is 1. The molecule has 18 heavy (non-hydrogen) atoms. The van der Waals surface area contributed by atoms with Crippen LogP contribution in [0.4, 0.5) is 0 Å². The van der Waals surface area contributed by atoms with Gasteiger partial charge in [-0.2, -0.15) is 0 Å². The Hall–Kier alpha value is -1.10. The van der Waals surface area contributed by atoms with Gasteiger partial charge in [-0.25, -0.2) is 0 Å². The number of hydrogen-bond donors (Lipinski definition) is 2. The van der Waals surface area contributed by atoms with Gasteiger partial charge in [-0.15, -0.1) is 0 Å². The van der Waals surface area contributed by atoms with Crippen molar-refractivity contribution in [3.63, 3.8) is 0 Å².